The maximum Gasteiger partial charge on any atom is 0.140 e. The zero-order valence-electron chi connectivity index (χ0n) is 13.1. The molecule has 0 saturated heterocycles. The minimum Gasteiger partial charge on any atom is -0.303 e. The lowest BCUT2D eigenvalue weighted by molar-refractivity contribution is 0.354. The predicted molar refractivity (Wildman–Crippen MR) is 89.0 cm³/mol. The lowest BCUT2D eigenvalue weighted by Crippen LogP contribution is -2.28. The first-order chi connectivity index (χ1) is 11.3. The quantitative estimate of drug-likeness (QED) is 0.833. The highest BCUT2D eigenvalue weighted by Gasteiger charge is 2.26. The molecule has 1 aromatic heterocycles. The molecule has 0 spiro atoms. The van der Waals surface area contributed by atoms with Crippen molar-refractivity contribution in [3.05, 3.63) is 47.0 Å². The van der Waals surface area contributed by atoms with Crippen molar-refractivity contribution in [2.45, 2.75) is 44.8 Å². The van der Waals surface area contributed by atoms with Crippen LogP contribution in [0.15, 0.2) is 30.6 Å². The Morgan fingerprint density at radius 2 is 2.17 bits per heavy atom. The minimum atomic E-state index is -0.434. The van der Waals surface area contributed by atoms with Crippen LogP contribution in [0.1, 0.15) is 43.1 Å². The fourth-order valence-electron chi connectivity index (χ4n) is 3.44. The highest BCUT2D eigenvalue weighted by atomic mass is 35.5. The van der Waals surface area contributed by atoms with E-state index in [4.69, 9.17) is 11.6 Å². The van der Waals surface area contributed by atoms with Gasteiger partial charge in [-0.05, 0) is 36.5 Å². The average Bonchev–Trinajstić information content (AvgIpc) is 3.21. The van der Waals surface area contributed by atoms with E-state index in [0.717, 1.165) is 10.8 Å². The summed E-state index contributed by atoms with van der Waals surface area (Å²) in [5, 5.41) is 8.43. The van der Waals surface area contributed by atoms with Crippen LogP contribution in [0.5, 0.6) is 0 Å². The number of hydrogen-bond acceptors (Lipinski definition) is 3. The summed E-state index contributed by atoms with van der Waals surface area (Å²) >= 11 is 6.17. The molecule has 2 aromatic rings. The maximum atomic E-state index is 12.6. The van der Waals surface area contributed by atoms with Crippen molar-refractivity contribution in [3.63, 3.8) is 0 Å². The van der Waals surface area contributed by atoms with Crippen LogP contribution in [0.2, 0.25) is 5.02 Å². The molecule has 1 fully saturated rings. The van der Waals surface area contributed by atoms with Gasteiger partial charge in [0.25, 0.3) is 0 Å². The topological polar surface area (TPSA) is 42.7 Å². The van der Waals surface area contributed by atoms with Gasteiger partial charge < -0.3 is 5.32 Å². The SMILES string of the molecule is FCCn1ncnc1CN[C@@H](c1cccc(Cl)c1)C1CCCC1. The van der Waals surface area contributed by atoms with E-state index in [1.54, 1.807) is 4.68 Å². The van der Waals surface area contributed by atoms with Gasteiger partial charge in [0.2, 0.25) is 0 Å². The number of nitrogens with zero attached hydrogens (tertiary/aromatic N) is 3. The molecule has 0 bridgehead atoms. The molecule has 6 heteroatoms. The summed E-state index contributed by atoms with van der Waals surface area (Å²) in [5.41, 5.74) is 1.21. The first kappa shape index (κ1) is 16.4. The fraction of sp³-hybridized carbons (Fsp3) is 0.529. The van der Waals surface area contributed by atoms with Crippen LogP contribution in [0.3, 0.4) is 0 Å². The van der Waals surface area contributed by atoms with Gasteiger partial charge in [0, 0.05) is 11.1 Å². The third kappa shape index (κ3) is 4.09. The smallest absolute Gasteiger partial charge is 0.140 e. The van der Waals surface area contributed by atoms with Crippen molar-refractivity contribution in [3.8, 4) is 0 Å². The first-order valence-electron chi connectivity index (χ1n) is 8.19. The molecule has 23 heavy (non-hydrogen) atoms. The molecule has 4 nitrogen and oxygen atoms in total. The number of rotatable bonds is 7. The zero-order valence-corrected chi connectivity index (χ0v) is 13.8. The van der Waals surface area contributed by atoms with Gasteiger partial charge in [0.1, 0.15) is 18.8 Å². The first-order valence-corrected chi connectivity index (χ1v) is 8.57. The van der Waals surface area contributed by atoms with Gasteiger partial charge in [-0.25, -0.2) is 14.1 Å². The Morgan fingerprint density at radius 3 is 2.91 bits per heavy atom. The molecule has 0 aliphatic heterocycles. The number of aromatic nitrogens is 3. The van der Waals surface area contributed by atoms with E-state index in [1.807, 2.05) is 18.2 Å². The molecule has 1 aliphatic rings. The van der Waals surface area contributed by atoms with Crippen molar-refractivity contribution in [2.75, 3.05) is 6.67 Å². The van der Waals surface area contributed by atoms with E-state index in [9.17, 15) is 4.39 Å². The highest BCUT2D eigenvalue weighted by Crippen LogP contribution is 2.36. The molecule has 124 valence electrons. The number of nitrogens with one attached hydrogen (secondary N) is 1. The van der Waals surface area contributed by atoms with Crippen molar-refractivity contribution in [1.82, 2.24) is 20.1 Å². The average molecular weight is 337 g/mol. The third-order valence-electron chi connectivity index (χ3n) is 4.55. The van der Waals surface area contributed by atoms with E-state index >= 15 is 0 Å². The second-order valence-electron chi connectivity index (χ2n) is 6.05. The lowest BCUT2D eigenvalue weighted by atomic mass is 9.91. The van der Waals surface area contributed by atoms with Gasteiger partial charge in [-0.1, -0.05) is 36.6 Å². The molecule has 0 amide bonds. The number of aryl methyl sites for hydroxylation is 1. The molecular weight excluding hydrogens is 315 g/mol. The molecule has 0 unspecified atom stereocenters. The summed E-state index contributed by atoms with van der Waals surface area (Å²) in [6.45, 7) is 0.395. The van der Waals surface area contributed by atoms with Gasteiger partial charge >= 0.3 is 0 Å². The number of alkyl halides is 1. The van der Waals surface area contributed by atoms with Gasteiger partial charge in [-0.3, -0.25) is 0 Å². The van der Waals surface area contributed by atoms with Gasteiger partial charge in [0.15, 0.2) is 0 Å². The summed E-state index contributed by atoms with van der Waals surface area (Å²) in [4.78, 5) is 4.24. The molecule has 0 radical (unpaired) electrons. The van der Waals surface area contributed by atoms with E-state index in [-0.39, 0.29) is 12.6 Å². The molecule has 1 heterocycles. The Labute approximate surface area is 141 Å². The molecule has 1 atom stereocenters. The molecular formula is C17H22ClFN4. The molecule has 1 aromatic carbocycles. The maximum absolute atomic E-state index is 12.6. The van der Waals surface area contributed by atoms with Crippen molar-refractivity contribution in [1.29, 1.82) is 0 Å². The normalized spacial score (nSPS) is 16.8. The predicted octanol–water partition coefficient (Wildman–Crippen LogP) is 3.92. The second kappa shape index (κ2) is 7.88. The molecule has 1 N–H and O–H groups in total. The minimum absolute atomic E-state index is 0.242. The largest absolute Gasteiger partial charge is 0.303 e. The summed E-state index contributed by atoms with van der Waals surface area (Å²) in [6.07, 6.45) is 6.49. The van der Waals surface area contributed by atoms with Gasteiger partial charge in [-0.2, -0.15) is 5.10 Å². The molecule has 3 rings (SSSR count). The summed E-state index contributed by atoms with van der Waals surface area (Å²) in [7, 11) is 0. The fourth-order valence-corrected chi connectivity index (χ4v) is 3.64. The summed E-state index contributed by atoms with van der Waals surface area (Å²) < 4.78 is 14.2. The second-order valence-corrected chi connectivity index (χ2v) is 6.48. The van der Waals surface area contributed by atoms with Crippen molar-refractivity contribution in [2.24, 2.45) is 5.92 Å². The van der Waals surface area contributed by atoms with Crippen LogP contribution in [0.25, 0.3) is 0 Å². The third-order valence-corrected chi connectivity index (χ3v) is 4.79. The van der Waals surface area contributed by atoms with Crippen molar-refractivity contribution < 1.29 is 4.39 Å². The highest BCUT2D eigenvalue weighted by molar-refractivity contribution is 6.30. The lowest BCUT2D eigenvalue weighted by Gasteiger charge is -2.25. The Kier molecular flexibility index (Phi) is 5.62. The van der Waals surface area contributed by atoms with Crippen LogP contribution < -0.4 is 5.32 Å². The summed E-state index contributed by atoms with van der Waals surface area (Å²) in [6, 6.07) is 8.28. The van der Waals surface area contributed by atoms with Crippen LogP contribution in [-0.2, 0) is 13.1 Å². The Balaban J connectivity index is 1.74. The van der Waals surface area contributed by atoms with E-state index in [1.165, 1.54) is 37.6 Å². The van der Waals surface area contributed by atoms with Crippen LogP contribution in [0, 0.1) is 5.92 Å². The van der Waals surface area contributed by atoms with E-state index in [0.29, 0.717) is 12.5 Å². The number of hydrogen-bond donors (Lipinski definition) is 1. The number of benzene rings is 1. The Morgan fingerprint density at radius 1 is 1.35 bits per heavy atom. The standard InChI is InChI=1S/C17H22ClFN4/c18-15-7-3-6-14(10-15)17(13-4-1-2-5-13)20-11-16-21-12-22-23(16)9-8-19/h3,6-7,10,12-13,17,20H,1-2,4-5,8-9,11H2/t17-/m1/s1. The van der Waals surface area contributed by atoms with Crippen molar-refractivity contribution >= 4 is 11.6 Å². The van der Waals surface area contributed by atoms with Crippen LogP contribution in [0.4, 0.5) is 4.39 Å². The molecule has 1 aliphatic carbocycles. The van der Waals surface area contributed by atoms with Gasteiger partial charge in [0.05, 0.1) is 13.1 Å². The Bertz CT molecular complexity index is 625. The summed E-state index contributed by atoms with van der Waals surface area (Å²) in [5.74, 6) is 1.37. The Hall–Kier alpha value is -1.46. The zero-order chi connectivity index (χ0) is 16.1. The molecule has 1 saturated carbocycles. The van der Waals surface area contributed by atoms with E-state index in [2.05, 4.69) is 21.5 Å². The monoisotopic (exact) mass is 336 g/mol. The van der Waals surface area contributed by atoms with Gasteiger partial charge in [-0.15, -0.1) is 0 Å². The van der Waals surface area contributed by atoms with Crippen LogP contribution in [-0.4, -0.2) is 21.4 Å². The number of halogens is 2. The van der Waals surface area contributed by atoms with Crippen LogP contribution >= 0.6 is 11.6 Å². The van der Waals surface area contributed by atoms with E-state index < -0.39 is 6.67 Å².